The molecular weight excluding hydrogens is 322 g/mol. The molecule has 2 aromatic rings. The first-order valence-electron chi connectivity index (χ1n) is 7.99. The van der Waals surface area contributed by atoms with Gasteiger partial charge in [0.15, 0.2) is 0 Å². The summed E-state index contributed by atoms with van der Waals surface area (Å²) in [7, 11) is 1.61. The lowest BCUT2D eigenvalue weighted by molar-refractivity contribution is 0.0828. The average molecular weight is 346 g/mol. The summed E-state index contributed by atoms with van der Waals surface area (Å²) in [6, 6.07) is 15.2. The summed E-state index contributed by atoms with van der Waals surface area (Å²) >= 11 is 6.20. The van der Waals surface area contributed by atoms with Gasteiger partial charge in [-0.3, -0.25) is 4.79 Å². The molecule has 0 spiro atoms. The Labute approximate surface area is 149 Å². The second-order valence-corrected chi connectivity index (χ2v) is 7.19. The first kappa shape index (κ1) is 18.5. The van der Waals surface area contributed by atoms with Crippen LogP contribution in [0.25, 0.3) is 0 Å². The maximum atomic E-state index is 12.3. The van der Waals surface area contributed by atoms with Gasteiger partial charge in [0.25, 0.3) is 5.91 Å². The molecular formula is C20H24ClNO2. The van der Waals surface area contributed by atoms with E-state index in [0.29, 0.717) is 17.1 Å². The number of halogens is 1. The van der Waals surface area contributed by atoms with Gasteiger partial charge in [-0.2, -0.15) is 0 Å². The number of rotatable bonds is 5. The number of amides is 1. The van der Waals surface area contributed by atoms with E-state index in [4.69, 9.17) is 16.3 Å². The zero-order chi connectivity index (χ0) is 17.7. The zero-order valence-electron chi connectivity index (χ0n) is 14.6. The number of nitrogens with one attached hydrogen (secondary N) is 1. The highest BCUT2D eigenvalue weighted by Crippen LogP contribution is 2.25. The molecule has 0 aliphatic carbocycles. The molecule has 0 aromatic heterocycles. The summed E-state index contributed by atoms with van der Waals surface area (Å²) in [6.45, 7) is 6.80. The quantitative estimate of drug-likeness (QED) is 0.848. The van der Waals surface area contributed by atoms with Crippen LogP contribution in [-0.4, -0.2) is 19.6 Å². The lowest BCUT2D eigenvalue weighted by Crippen LogP contribution is -2.29. The van der Waals surface area contributed by atoms with Crippen molar-refractivity contribution < 1.29 is 9.53 Å². The molecule has 1 unspecified atom stereocenters. The van der Waals surface area contributed by atoms with Gasteiger partial charge in [0.2, 0.25) is 0 Å². The molecule has 128 valence electrons. The van der Waals surface area contributed by atoms with Crippen molar-refractivity contribution in [2.75, 3.05) is 13.7 Å². The van der Waals surface area contributed by atoms with E-state index in [9.17, 15) is 4.79 Å². The molecule has 4 heteroatoms. The first-order valence-corrected chi connectivity index (χ1v) is 8.36. The van der Waals surface area contributed by atoms with Crippen molar-refractivity contribution >= 4 is 17.5 Å². The fourth-order valence-corrected chi connectivity index (χ4v) is 2.72. The highest BCUT2D eigenvalue weighted by atomic mass is 35.5. The van der Waals surface area contributed by atoms with E-state index in [-0.39, 0.29) is 17.4 Å². The average Bonchev–Trinajstić information content (AvgIpc) is 2.56. The third kappa shape index (κ3) is 4.59. The molecule has 0 aliphatic rings. The van der Waals surface area contributed by atoms with Crippen LogP contribution in [0.5, 0.6) is 0 Å². The molecule has 0 aliphatic heterocycles. The van der Waals surface area contributed by atoms with Gasteiger partial charge in [0.05, 0.1) is 0 Å². The first-order chi connectivity index (χ1) is 11.3. The molecule has 24 heavy (non-hydrogen) atoms. The van der Waals surface area contributed by atoms with Crippen LogP contribution in [-0.2, 0) is 10.2 Å². The summed E-state index contributed by atoms with van der Waals surface area (Å²) in [5, 5.41) is 3.54. The van der Waals surface area contributed by atoms with Crippen LogP contribution in [0.15, 0.2) is 48.5 Å². The van der Waals surface area contributed by atoms with E-state index < -0.39 is 0 Å². The van der Waals surface area contributed by atoms with Gasteiger partial charge in [0, 0.05) is 29.8 Å². The molecule has 1 N–H and O–H groups in total. The van der Waals surface area contributed by atoms with E-state index in [1.54, 1.807) is 7.11 Å². The molecule has 0 fully saturated rings. The van der Waals surface area contributed by atoms with E-state index in [1.165, 1.54) is 5.56 Å². The highest BCUT2D eigenvalue weighted by Gasteiger charge is 2.17. The molecule has 2 aromatic carbocycles. The second kappa shape index (κ2) is 7.82. The van der Waals surface area contributed by atoms with Crippen molar-refractivity contribution in [2.24, 2.45) is 0 Å². The maximum absolute atomic E-state index is 12.3. The summed E-state index contributed by atoms with van der Waals surface area (Å²) < 4.78 is 5.47. The molecule has 0 heterocycles. The van der Waals surface area contributed by atoms with Gasteiger partial charge in [0.1, 0.15) is 6.10 Å². The van der Waals surface area contributed by atoms with Crippen LogP contribution in [0, 0.1) is 0 Å². The predicted molar refractivity (Wildman–Crippen MR) is 98.7 cm³/mol. The minimum Gasteiger partial charge on any atom is -0.375 e. The van der Waals surface area contributed by atoms with Crippen molar-refractivity contribution in [3.63, 3.8) is 0 Å². The van der Waals surface area contributed by atoms with E-state index in [0.717, 1.165) is 5.56 Å². The lowest BCUT2D eigenvalue weighted by atomic mass is 9.87. The Morgan fingerprint density at radius 2 is 1.75 bits per heavy atom. The number of carbonyl (C=O) groups is 1. The second-order valence-electron chi connectivity index (χ2n) is 6.78. The fraction of sp³-hybridized carbons (Fsp3) is 0.350. The van der Waals surface area contributed by atoms with Gasteiger partial charge in [-0.15, -0.1) is 0 Å². The number of carbonyl (C=O) groups excluding carboxylic acids is 1. The Kier molecular flexibility index (Phi) is 6.03. The smallest absolute Gasteiger partial charge is 0.251 e. The molecule has 0 saturated carbocycles. The topological polar surface area (TPSA) is 38.3 Å². The van der Waals surface area contributed by atoms with Crippen LogP contribution in [0.4, 0.5) is 0 Å². The maximum Gasteiger partial charge on any atom is 0.251 e. The van der Waals surface area contributed by atoms with Crippen LogP contribution in [0.3, 0.4) is 0 Å². The molecule has 2 rings (SSSR count). The third-order valence-electron chi connectivity index (χ3n) is 4.00. The largest absolute Gasteiger partial charge is 0.375 e. The summed E-state index contributed by atoms with van der Waals surface area (Å²) in [6.07, 6.45) is -0.281. The van der Waals surface area contributed by atoms with Gasteiger partial charge in [-0.25, -0.2) is 0 Å². The Bertz CT molecular complexity index is 690. The van der Waals surface area contributed by atoms with Crippen molar-refractivity contribution in [3.8, 4) is 0 Å². The molecule has 1 amide bonds. The minimum atomic E-state index is -0.281. The number of hydrogen-bond acceptors (Lipinski definition) is 2. The summed E-state index contributed by atoms with van der Waals surface area (Å²) in [5.41, 5.74) is 2.77. The summed E-state index contributed by atoms with van der Waals surface area (Å²) in [5.74, 6) is -0.121. The van der Waals surface area contributed by atoms with Crippen molar-refractivity contribution in [1.82, 2.24) is 5.32 Å². The van der Waals surface area contributed by atoms with Crippen molar-refractivity contribution in [3.05, 3.63) is 70.2 Å². The molecule has 0 radical (unpaired) electrons. The SMILES string of the molecule is COC(CNC(=O)c1ccc(C(C)(C)C)cc1)c1ccccc1Cl. The molecule has 3 nitrogen and oxygen atoms in total. The van der Waals surface area contributed by atoms with E-state index in [1.807, 2.05) is 48.5 Å². The third-order valence-corrected chi connectivity index (χ3v) is 4.34. The van der Waals surface area contributed by atoms with Gasteiger partial charge < -0.3 is 10.1 Å². The van der Waals surface area contributed by atoms with Gasteiger partial charge >= 0.3 is 0 Å². The molecule has 0 saturated heterocycles. The Morgan fingerprint density at radius 1 is 1.12 bits per heavy atom. The monoisotopic (exact) mass is 345 g/mol. The summed E-state index contributed by atoms with van der Waals surface area (Å²) in [4.78, 5) is 12.3. The number of ether oxygens (including phenoxy) is 1. The normalized spacial score (nSPS) is 12.7. The molecule has 1 atom stereocenters. The van der Waals surface area contributed by atoms with E-state index >= 15 is 0 Å². The van der Waals surface area contributed by atoms with Gasteiger partial charge in [-0.05, 0) is 29.2 Å². The van der Waals surface area contributed by atoms with Crippen LogP contribution >= 0.6 is 11.6 Å². The lowest BCUT2D eigenvalue weighted by Gasteiger charge is -2.20. The van der Waals surface area contributed by atoms with E-state index in [2.05, 4.69) is 26.1 Å². The van der Waals surface area contributed by atoms with Crippen molar-refractivity contribution in [1.29, 1.82) is 0 Å². The Hall–Kier alpha value is -1.84. The van der Waals surface area contributed by atoms with Crippen LogP contribution < -0.4 is 5.32 Å². The predicted octanol–water partition coefficient (Wildman–Crippen LogP) is 4.76. The number of hydrogen-bond donors (Lipinski definition) is 1. The fourth-order valence-electron chi connectivity index (χ4n) is 2.47. The van der Waals surface area contributed by atoms with Crippen LogP contribution in [0.1, 0.15) is 48.4 Å². The number of benzene rings is 2. The van der Waals surface area contributed by atoms with Crippen LogP contribution in [0.2, 0.25) is 5.02 Å². The zero-order valence-corrected chi connectivity index (χ0v) is 15.4. The Balaban J connectivity index is 2.03. The highest BCUT2D eigenvalue weighted by molar-refractivity contribution is 6.31. The molecule has 0 bridgehead atoms. The standard InChI is InChI=1S/C20H24ClNO2/c1-20(2,3)15-11-9-14(10-12-15)19(23)22-13-18(24-4)16-7-5-6-8-17(16)21/h5-12,18H,13H2,1-4H3,(H,22,23). The Morgan fingerprint density at radius 3 is 2.29 bits per heavy atom. The minimum absolute atomic E-state index is 0.0697. The number of methoxy groups -OCH3 is 1. The van der Waals surface area contributed by atoms with Crippen molar-refractivity contribution in [2.45, 2.75) is 32.3 Å². The van der Waals surface area contributed by atoms with Gasteiger partial charge in [-0.1, -0.05) is 62.7 Å².